The lowest BCUT2D eigenvalue weighted by atomic mass is 9.99. The molecule has 0 aliphatic carbocycles. The van der Waals surface area contributed by atoms with E-state index in [1.165, 1.54) is 5.56 Å². The lowest BCUT2D eigenvalue weighted by molar-refractivity contribution is -0.117. The van der Waals surface area contributed by atoms with Gasteiger partial charge in [-0.05, 0) is 44.0 Å². The van der Waals surface area contributed by atoms with E-state index >= 15 is 0 Å². The van der Waals surface area contributed by atoms with Crippen LogP contribution in [0, 0.1) is 0 Å². The third-order valence-corrected chi connectivity index (χ3v) is 3.19. The van der Waals surface area contributed by atoms with Crippen LogP contribution >= 0.6 is 0 Å². The van der Waals surface area contributed by atoms with Crippen molar-refractivity contribution in [2.45, 2.75) is 39.2 Å². The first-order valence-electron chi connectivity index (χ1n) is 6.16. The van der Waals surface area contributed by atoms with Crippen molar-refractivity contribution in [1.82, 2.24) is 5.32 Å². The monoisotopic (exact) mass is 234 g/mol. The van der Waals surface area contributed by atoms with Crippen molar-refractivity contribution in [3.63, 3.8) is 0 Å². The average Bonchev–Trinajstić information content (AvgIpc) is 2.37. The Bertz CT molecular complexity index is 359. The molecule has 0 aliphatic heterocycles. The number of rotatable bonds is 5. The Hall–Kier alpha value is -1.35. The zero-order valence-corrected chi connectivity index (χ0v) is 11.1. The van der Waals surface area contributed by atoms with Gasteiger partial charge >= 0.3 is 0 Å². The first-order valence-corrected chi connectivity index (χ1v) is 6.16. The molecule has 2 unspecified atom stereocenters. The molecular formula is C14H22N2O. The summed E-state index contributed by atoms with van der Waals surface area (Å²) in [6.45, 7) is 6.22. The van der Waals surface area contributed by atoms with E-state index in [0.717, 1.165) is 12.1 Å². The van der Waals surface area contributed by atoms with E-state index in [4.69, 9.17) is 0 Å². The van der Waals surface area contributed by atoms with Crippen molar-refractivity contribution in [3.05, 3.63) is 29.8 Å². The Morgan fingerprint density at radius 3 is 2.29 bits per heavy atom. The number of benzene rings is 1. The molecule has 2 atom stereocenters. The Labute approximate surface area is 104 Å². The van der Waals surface area contributed by atoms with Gasteiger partial charge in [-0.2, -0.15) is 0 Å². The number of hydrogen-bond donors (Lipinski definition) is 2. The van der Waals surface area contributed by atoms with Crippen molar-refractivity contribution < 1.29 is 4.79 Å². The quantitative estimate of drug-likeness (QED) is 0.822. The smallest absolute Gasteiger partial charge is 0.241 e. The van der Waals surface area contributed by atoms with Gasteiger partial charge in [0, 0.05) is 5.69 Å². The molecule has 0 aliphatic rings. The topological polar surface area (TPSA) is 41.1 Å². The van der Waals surface area contributed by atoms with Crippen molar-refractivity contribution >= 4 is 11.6 Å². The highest BCUT2D eigenvalue weighted by Gasteiger charge is 2.10. The Kier molecular flexibility index (Phi) is 5.16. The molecule has 0 spiro atoms. The Balaban J connectivity index is 2.65. The molecule has 0 saturated heterocycles. The number of carbonyl (C=O) groups is 1. The molecule has 1 amide bonds. The minimum absolute atomic E-state index is 0.0104. The van der Waals surface area contributed by atoms with Gasteiger partial charge in [0.15, 0.2) is 0 Å². The van der Waals surface area contributed by atoms with E-state index in [9.17, 15) is 4.79 Å². The van der Waals surface area contributed by atoms with Gasteiger partial charge in [0.05, 0.1) is 6.04 Å². The highest BCUT2D eigenvalue weighted by atomic mass is 16.2. The molecule has 3 nitrogen and oxygen atoms in total. The van der Waals surface area contributed by atoms with E-state index < -0.39 is 0 Å². The van der Waals surface area contributed by atoms with Gasteiger partial charge in [-0.15, -0.1) is 0 Å². The highest BCUT2D eigenvalue weighted by molar-refractivity contribution is 5.94. The largest absolute Gasteiger partial charge is 0.325 e. The second kappa shape index (κ2) is 6.40. The third-order valence-electron chi connectivity index (χ3n) is 3.19. The summed E-state index contributed by atoms with van der Waals surface area (Å²) in [6, 6.07) is 7.90. The van der Waals surface area contributed by atoms with Gasteiger partial charge in [-0.25, -0.2) is 0 Å². The number of anilines is 1. The van der Waals surface area contributed by atoms with Crippen LogP contribution in [0.15, 0.2) is 24.3 Å². The molecule has 1 aromatic rings. The summed E-state index contributed by atoms with van der Waals surface area (Å²) in [5.74, 6) is 0.555. The lowest BCUT2D eigenvalue weighted by Crippen LogP contribution is -2.35. The zero-order valence-electron chi connectivity index (χ0n) is 11.1. The molecule has 94 valence electrons. The summed E-state index contributed by atoms with van der Waals surface area (Å²) in [5, 5.41) is 5.79. The number of amides is 1. The fraction of sp³-hybridized carbons (Fsp3) is 0.500. The Morgan fingerprint density at radius 2 is 1.82 bits per heavy atom. The minimum Gasteiger partial charge on any atom is -0.325 e. The maximum Gasteiger partial charge on any atom is 0.241 e. The van der Waals surface area contributed by atoms with E-state index in [0.29, 0.717) is 5.92 Å². The molecule has 0 aromatic heterocycles. The zero-order chi connectivity index (χ0) is 12.8. The number of likely N-dealkylation sites (N-methyl/N-ethyl adjacent to an activating group) is 1. The fourth-order valence-corrected chi connectivity index (χ4v) is 1.51. The van der Waals surface area contributed by atoms with Gasteiger partial charge in [0.2, 0.25) is 5.91 Å². The summed E-state index contributed by atoms with van der Waals surface area (Å²) >= 11 is 0. The van der Waals surface area contributed by atoms with Gasteiger partial charge in [0.1, 0.15) is 0 Å². The summed E-state index contributed by atoms with van der Waals surface area (Å²) in [7, 11) is 1.77. The molecule has 1 rings (SSSR count). The summed E-state index contributed by atoms with van der Waals surface area (Å²) in [6.07, 6.45) is 1.13. The maximum atomic E-state index is 11.6. The normalized spacial score (nSPS) is 14.1. The van der Waals surface area contributed by atoms with Crippen LogP contribution in [0.1, 0.15) is 38.7 Å². The van der Waals surface area contributed by atoms with Crippen molar-refractivity contribution in [3.8, 4) is 0 Å². The van der Waals surface area contributed by atoms with E-state index in [2.05, 4.69) is 36.6 Å². The molecule has 0 heterocycles. The number of nitrogens with one attached hydrogen (secondary N) is 2. The predicted octanol–water partition coefficient (Wildman–Crippen LogP) is 2.75. The maximum absolute atomic E-state index is 11.6. The molecule has 3 heteroatoms. The average molecular weight is 234 g/mol. The molecule has 0 fully saturated rings. The number of hydrogen-bond acceptors (Lipinski definition) is 2. The fourth-order valence-electron chi connectivity index (χ4n) is 1.51. The third kappa shape index (κ3) is 3.86. The van der Waals surface area contributed by atoms with E-state index in [1.807, 2.05) is 19.1 Å². The Morgan fingerprint density at radius 1 is 1.24 bits per heavy atom. The van der Waals surface area contributed by atoms with Crippen molar-refractivity contribution in [2.24, 2.45) is 0 Å². The van der Waals surface area contributed by atoms with Crippen LogP contribution in [0.4, 0.5) is 5.69 Å². The van der Waals surface area contributed by atoms with Crippen LogP contribution < -0.4 is 10.6 Å². The molecule has 1 aromatic carbocycles. The summed E-state index contributed by atoms with van der Waals surface area (Å²) < 4.78 is 0. The highest BCUT2D eigenvalue weighted by Crippen LogP contribution is 2.20. The summed E-state index contributed by atoms with van der Waals surface area (Å²) in [5.41, 5.74) is 2.16. The predicted molar refractivity (Wildman–Crippen MR) is 72.3 cm³/mol. The van der Waals surface area contributed by atoms with Gasteiger partial charge in [-0.3, -0.25) is 4.79 Å². The SMILES string of the molecule is CCC(C)c1ccc(NC(=O)C(C)NC)cc1. The van der Waals surface area contributed by atoms with E-state index in [-0.39, 0.29) is 11.9 Å². The number of carbonyl (C=O) groups excluding carboxylic acids is 1. The van der Waals surface area contributed by atoms with Crippen LogP contribution in [0.25, 0.3) is 0 Å². The lowest BCUT2D eigenvalue weighted by Gasteiger charge is -2.13. The first kappa shape index (κ1) is 13.7. The standard InChI is InChI=1S/C14H22N2O/c1-5-10(2)12-6-8-13(9-7-12)16-14(17)11(3)15-4/h6-11,15H,5H2,1-4H3,(H,16,17). The minimum atomic E-state index is -0.177. The van der Waals surface area contributed by atoms with Gasteiger partial charge in [0.25, 0.3) is 0 Å². The van der Waals surface area contributed by atoms with Crippen molar-refractivity contribution in [1.29, 1.82) is 0 Å². The van der Waals surface area contributed by atoms with Crippen LogP contribution in [0.3, 0.4) is 0 Å². The van der Waals surface area contributed by atoms with Gasteiger partial charge in [-0.1, -0.05) is 26.0 Å². The van der Waals surface area contributed by atoms with Crippen LogP contribution in [0.2, 0.25) is 0 Å². The molecule has 0 radical (unpaired) electrons. The summed E-state index contributed by atoms with van der Waals surface area (Å²) in [4.78, 5) is 11.6. The molecule has 2 N–H and O–H groups in total. The van der Waals surface area contributed by atoms with Gasteiger partial charge < -0.3 is 10.6 Å². The van der Waals surface area contributed by atoms with E-state index in [1.54, 1.807) is 7.05 Å². The molecule has 17 heavy (non-hydrogen) atoms. The second-order valence-electron chi connectivity index (χ2n) is 4.43. The molecule has 0 saturated carbocycles. The van der Waals surface area contributed by atoms with Crippen molar-refractivity contribution in [2.75, 3.05) is 12.4 Å². The van der Waals surface area contributed by atoms with Crippen LogP contribution in [-0.4, -0.2) is 19.0 Å². The second-order valence-corrected chi connectivity index (χ2v) is 4.43. The van der Waals surface area contributed by atoms with Crippen LogP contribution in [-0.2, 0) is 4.79 Å². The molecule has 0 bridgehead atoms. The molecular weight excluding hydrogens is 212 g/mol. The van der Waals surface area contributed by atoms with Crippen LogP contribution in [0.5, 0.6) is 0 Å². The first-order chi connectivity index (χ1) is 8.08.